The fourth-order valence-electron chi connectivity index (χ4n) is 2.00. The molecule has 108 valence electrons. The van der Waals surface area contributed by atoms with Crippen molar-refractivity contribution < 1.29 is 14.9 Å². The van der Waals surface area contributed by atoms with Gasteiger partial charge in [0.2, 0.25) is 0 Å². The molecule has 0 saturated heterocycles. The van der Waals surface area contributed by atoms with Crippen molar-refractivity contribution in [1.82, 2.24) is 0 Å². The van der Waals surface area contributed by atoms with Gasteiger partial charge < -0.3 is 14.9 Å². The van der Waals surface area contributed by atoms with Gasteiger partial charge in [-0.3, -0.25) is 0 Å². The first-order valence-electron chi connectivity index (χ1n) is 6.71. The Morgan fingerprint density at radius 1 is 1.37 bits per heavy atom. The van der Waals surface area contributed by atoms with Crippen molar-refractivity contribution in [3.05, 3.63) is 28.3 Å². The minimum Gasteiger partial charge on any atom is -0.493 e. The first kappa shape index (κ1) is 16.3. The van der Waals surface area contributed by atoms with Crippen molar-refractivity contribution >= 4 is 11.6 Å². The summed E-state index contributed by atoms with van der Waals surface area (Å²) < 4.78 is 5.76. The van der Waals surface area contributed by atoms with E-state index in [2.05, 4.69) is 6.92 Å². The van der Waals surface area contributed by atoms with Crippen LogP contribution in [0.15, 0.2) is 12.1 Å². The lowest BCUT2D eigenvalue weighted by atomic mass is 9.93. The number of rotatable bonds is 7. The third kappa shape index (κ3) is 4.68. The number of hydrogen-bond donors (Lipinski definition) is 2. The molecule has 0 spiro atoms. The second kappa shape index (κ2) is 7.73. The predicted molar refractivity (Wildman–Crippen MR) is 78.1 cm³/mol. The zero-order chi connectivity index (χ0) is 14.4. The zero-order valence-electron chi connectivity index (χ0n) is 11.8. The average molecular weight is 287 g/mol. The Kier molecular flexibility index (Phi) is 6.63. The monoisotopic (exact) mass is 286 g/mol. The third-order valence-corrected chi connectivity index (χ3v) is 3.53. The zero-order valence-corrected chi connectivity index (χ0v) is 12.6. The maximum atomic E-state index is 9.56. The summed E-state index contributed by atoms with van der Waals surface area (Å²) in [4.78, 5) is 0. The van der Waals surface area contributed by atoms with E-state index in [1.807, 2.05) is 26.0 Å². The maximum absolute atomic E-state index is 9.56. The lowest BCUT2D eigenvalue weighted by Crippen LogP contribution is -2.15. The highest BCUT2D eigenvalue weighted by molar-refractivity contribution is 6.31. The predicted octanol–water partition coefficient (Wildman–Crippen LogP) is 3.28. The van der Waals surface area contributed by atoms with E-state index in [4.69, 9.17) is 21.4 Å². The fourth-order valence-corrected chi connectivity index (χ4v) is 2.17. The molecule has 0 saturated carbocycles. The van der Waals surface area contributed by atoms with Crippen molar-refractivity contribution in [2.45, 2.75) is 45.6 Å². The summed E-state index contributed by atoms with van der Waals surface area (Å²) in [5.41, 5.74) is 1.96. The minimum atomic E-state index is -0.714. The molecule has 2 atom stereocenters. The third-order valence-electron chi connectivity index (χ3n) is 3.12. The summed E-state index contributed by atoms with van der Waals surface area (Å²) in [5, 5.41) is 19.2. The summed E-state index contributed by atoms with van der Waals surface area (Å²) >= 11 is 6.17. The van der Waals surface area contributed by atoms with Crippen LogP contribution in [0.25, 0.3) is 0 Å². The van der Waals surface area contributed by atoms with Crippen molar-refractivity contribution in [2.75, 3.05) is 13.2 Å². The molecule has 0 fully saturated rings. The highest BCUT2D eigenvalue weighted by atomic mass is 35.5. The SMILES string of the molecule is CCCOc1cc(C)c(Cl)cc1C(C)CC(O)CO. The van der Waals surface area contributed by atoms with Gasteiger partial charge in [0.25, 0.3) is 0 Å². The molecule has 1 aromatic rings. The van der Waals surface area contributed by atoms with Crippen LogP contribution in [0.2, 0.25) is 5.02 Å². The van der Waals surface area contributed by atoms with Gasteiger partial charge in [0.15, 0.2) is 0 Å². The van der Waals surface area contributed by atoms with Gasteiger partial charge in [-0.05, 0) is 48.9 Å². The van der Waals surface area contributed by atoms with E-state index in [9.17, 15) is 5.11 Å². The van der Waals surface area contributed by atoms with Gasteiger partial charge >= 0.3 is 0 Å². The Labute approximate surface area is 120 Å². The molecule has 0 aliphatic rings. The summed E-state index contributed by atoms with van der Waals surface area (Å²) in [6.45, 7) is 6.43. The number of aliphatic hydroxyl groups is 2. The molecule has 0 heterocycles. The van der Waals surface area contributed by atoms with Crippen LogP contribution in [0.5, 0.6) is 5.75 Å². The van der Waals surface area contributed by atoms with Gasteiger partial charge in [0.05, 0.1) is 19.3 Å². The van der Waals surface area contributed by atoms with Crippen molar-refractivity contribution in [3.8, 4) is 5.75 Å². The van der Waals surface area contributed by atoms with Gasteiger partial charge in [0.1, 0.15) is 5.75 Å². The van der Waals surface area contributed by atoms with Crippen LogP contribution in [0.4, 0.5) is 0 Å². The topological polar surface area (TPSA) is 49.7 Å². The van der Waals surface area contributed by atoms with Gasteiger partial charge in [-0.1, -0.05) is 25.4 Å². The number of hydrogen-bond acceptors (Lipinski definition) is 3. The van der Waals surface area contributed by atoms with E-state index in [0.29, 0.717) is 18.1 Å². The summed E-state index contributed by atoms with van der Waals surface area (Å²) in [7, 11) is 0. The molecule has 0 aliphatic heterocycles. The standard InChI is InChI=1S/C15H23ClO3/c1-4-5-19-15-7-11(3)14(16)8-13(15)10(2)6-12(18)9-17/h7-8,10,12,17-18H,4-6,9H2,1-3H3. The molecule has 2 unspecified atom stereocenters. The summed E-state index contributed by atoms with van der Waals surface area (Å²) in [6, 6.07) is 3.84. The highest BCUT2D eigenvalue weighted by Crippen LogP contribution is 2.34. The van der Waals surface area contributed by atoms with Gasteiger partial charge in [0, 0.05) is 5.02 Å². The molecule has 0 aromatic heterocycles. The average Bonchev–Trinajstić information content (AvgIpc) is 2.39. The normalized spacial score (nSPS) is 14.2. The van der Waals surface area contributed by atoms with E-state index in [1.54, 1.807) is 0 Å². The Morgan fingerprint density at radius 2 is 2.05 bits per heavy atom. The second-order valence-corrected chi connectivity index (χ2v) is 5.37. The number of aryl methyl sites for hydroxylation is 1. The van der Waals surface area contributed by atoms with Gasteiger partial charge in [-0.15, -0.1) is 0 Å². The molecular weight excluding hydrogens is 264 g/mol. The molecule has 19 heavy (non-hydrogen) atoms. The molecule has 4 heteroatoms. The summed E-state index contributed by atoms with van der Waals surface area (Å²) in [6.07, 6.45) is 0.710. The Bertz CT molecular complexity index is 407. The van der Waals surface area contributed by atoms with Crippen LogP contribution in [0, 0.1) is 6.92 Å². The quantitative estimate of drug-likeness (QED) is 0.809. The van der Waals surface area contributed by atoms with Gasteiger partial charge in [-0.2, -0.15) is 0 Å². The van der Waals surface area contributed by atoms with Crippen LogP contribution in [0.3, 0.4) is 0 Å². The van der Waals surface area contributed by atoms with Gasteiger partial charge in [-0.25, -0.2) is 0 Å². The molecule has 1 aromatic carbocycles. The first-order chi connectivity index (χ1) is 8.99. The van der Waals surface area contributed by atoms with Crippen LogP contribution < -0.4 is 4.74 Å². The smallest absolute Gasteiger partial charge is 0.123 e. The van der Waals surface area contributed by atoms with E-state index in [1.165, 1.54) is 0 Å². The first-order valence-corrected chi connectivity index (χ1v) is 7.09. The Balaban J connectivity index is 2.98. The van der Waals surface area contributed by atoms with Crippen LogP contribution >= 0.6 is 11.6 Å². The van der Waals surface area contributed by atoms with Crippen LogP contribution in [-0.4, -0.2) is 29.5 Å². The molecule has 0 radical (unpaired) electrons. The van der Waals surface area contributed by atoms with Crippen LogP contribution in [-0.2, 0) is 0 Å². The van der Waals surface area contributed by atoms with E-state index >= 15 is 0 Å². The summed E-state index contributed by atoms with van der Waals surface area (Å²) in [5.74, 6) is 0.897. The lowest BCUT2D eigenvalue weighted by molar-refractivity contribution is 0.0832. The van der Waals surface area contributed by atoms with Crippen LogP contribution in [0.1, 0.15) is 43.7 Å². The molecule has 0 amide bonds. The highest BCUT2D eigenvalue weighted by Gasteiger charge is 2.17. The van der Waals surface area contributed by atoms with E-state index in [-0.39, 0.29) is 12.5 Å². The maximum Gasteiger partial charge on any atom is 0.123 e. The number of ether oxygens (including phenoxy) is 1. The largest absolute Gasteiger partial charge is 0.493 e. The van der Waals surface area contributed by atoms with Crippen molar-refractivity contribution in [2.24, 2.45) is 0 Å². The molecular formula is C15H23ClO3. The number of halogens is 1. The molecule has 2 N–H and O–H groups in total. The van der Waals surface area contributed by atoms with Crippen molar-refractivity contribution in [3.63, 3.8) is 0 Å². The number of aliphatic hydroxyl groups excluding tert-OH is 2. The Hall–Kier alpha value is -0.770. The molecule has 3 nitrogen and oxygen atoms in total. The second-order valence-electron chi connectivity index (χ2n) is 4.96. The van der Waals surface area contributed by atoms with E-state index < -0.39 is 6.10 Å². The molecule has 1 rings (SSSR count). The lowest BCUT2D eigenvalue weighted by Gasteiger charge is -2.20. The molecule has 0 aliphatic carbocycles. The molecule has 0 bridgehead atoms. The fraction of sp³-hybridized carbons (Fsp3) is 0.600. The minimum absolute atomic E-state index is 0.0760. The number of benzene rings is 1. The van der Waals surface area contributed by atoms with E-state index in [0.717, 1.165) is 23.3 Å². The Morgan fingerprint density at radius 3 is 2.63 bits per heavy atom. The van der Waals surface area contributed by atoms with Crippen molar-refractivity contribution in [1.29, 1.82) is 0 Å².